The van der Waals surface area contributed by atoms with Crippen LogP contribution in [0.5, 0.6) is 0 Å². The minimum absolute atomic E-state index is 0.0694. The lowest BCUT2D eigenvalue weighted by Crippen LogP contribution is -2.51. The molecular weight excluding hydrogens is 618 g/mol. The average molecular weight is 653 g/mol. The molecule has 18 heteroatoms. The largest absolute Gasteiger partial charge is 0.416 e. The first-order valence-corrected chi connectivity index (χ1v) is 13.9. The van der Waals surface area contributed by atoms with E-state index in [1.165, 1.54) is 32.4 Å². The van der Waals surface area contributed by atoms with Gasteiger partial charge in [0.2, 0.25) is 5.91 Å². The normalized spacial score (nSPS) is 16.0. The van der Waals surface area contributed by atoms with Crippen molar-refractivity contribution in [1.29, 1.82) is 0 Å². The summed E-state index contributed by atoms with van der Waals surface area (Å²) in [6.45, 7) is 1.80. The van der Waals surface area contributed by atoms with Crippen LogP contribution in [0.1, 0.15) is 80.0 Å². The van der Waals surface area contributed by atoms with Crippen molar-refractivity contribution >= 4 is 23.5 Å². The molecule has 0 unspecified atom stereocenters. The predicted molar refractivity (Wildman–Crippen MR) is 144 cm³/mol. The number of rotatable bonds is 15. The van der Waals surface area contributed by atoms with Crippen LogP contribution >= 0.6 is 0 Å². The van der Waals surface area contributed by atoms with Gasteiger partial charge in [0.25, 0.3) is 11.8 Å². The Balaban J connectivity index is 1.78. The van der Waals surface area contributed by atoms with E-state index in [0.717, 1.165) is 26.7 Å². The Kier molecular flexibility index (Phi) is 11.5. The highest BCUT2D eigenvalue weighted by molar-refractivity contribution is 6.00. The maximum absolute atomic E-state index is 13.4. The van der Waals surface area contributed by atoms with Gasteiger partial charge in [0.1, 0.15) is 23.6 Å². The lowest BCUT2D eigenvalue weighted by atomic mass is 9.96. The molecule has 1 aliphatic carbocycles. The zero-order chi connectivity index (χ0) is 33.6. The lowest BCUT2D eigenvalue weighted by Gasteiger charge is -2.30. The first-order valence-electron chi connectivity index (χ1n) is 13.9. The molecule has 12 nitrogen and oxygen atoms in total. The molecule has 0 aliphatic heterocycles. The molecule has 0 bridgehead atoms. The Morgan fingerprint density at radius 3 is 2.33 bits per heavy atom. The predicted octanol–water partition coefficient (Wildman–Crippen LogP) is 4.01. The number of halogens is 6. The van der Waals surface area contributed by atoms with Crippen LogP contribution in [-0.4, -0.2) is 83.4 Å². The van der Waals surface area contributed by atoms with Crippen molar-refractivity contribution in [3.63, 3.8) is 0 Å². The highest BCUT2D eigenvalue weighted by Crippen LogP contribution is 2.40. The SMILES string of the molecule is CC[C@H](NC(=O)C[C@H](COC)c1ccnc(NC(=O)[C@H](COC(C)(C)C(F)(F)F)NC(=O)c2nonc2C2CC2)c1)C(F)(F)F. The molecule has 0 saturated heterocycles. The van der Waals surface area contributed by atoms with Gasteiger partial charge in [0.15, 0.2) is 11.3 Å². The summed E-state index contributed by atoms with van der Waals surface area (Å²) in [7, 11) is 1.33. The van der Waals surface area contributed by atoms with E-state index in [2.05, 4.69) is 30.6 Å². The van der Waals surface area contributed by atoms with Crippen molar-refractivity contribution in [2.24, 2.45) is 0 Å². The van der Waals surface area contributed by atoms with Crippen LogP contribution in [0.15, 0.2) is 23.0 Å². The fraction of sp³-hybridized carbons (Fsp3) is 0.630. The zero-order valence-electron chi connectivity index (χ0n) is 24.8. The number of hydrogen-bond acceptors (Lipinski definition) is 9. The third-order valence-corrected chi connectivity index (χ3v) is 7.05. The van der Waals surface area contributed by atoms with Crippen molar-refractivity contribution in [1.82, 2.24) is 25.9 Å². The highest BCUT2D eigenvalue weighted by Gasteiger charge is 2.49. The number of ether oxygens (including phenoxy) is 2. The second kappa shape index (κ2) is 14.5. The summed E-state index contributed by atoms with van der Waals surface area (Å²) < 4.78 is 94.5. The number of amides is 3. The molecule has 1 saturated carbocycles. The average Bonchev–Trinajstić information content (AvgIpc) is 3.67. The van der Waals surface area contributed by atoms with E-state index >= 15 is 0 Å². The molecule has 0 radical (unpaired) electrons. The van der Waals surface area contributed by atoms with E-state index < -0.39 is 66.7 Å². The topological polar surface area (TPSA) is 158 Å². The molecule has 3 atom stereocenters. The second-order valence-corrected chi connectivity index (χ2v) is 11.0. The Morgan fingerprint density at radius 1 is 1.07 bits per heavy atom. The van der Waals surface area contributed by atoms with Gasteiger partial charge in [-0.3, -0.25) is 14.4 Å². The highest BCUT2D eigenvalue weighted by atomic mass is 19.4. The Labute approximate surface area is 253 Å². The van der Waals surface area contributed by atoms with E-state index in [4.69, 9.17) is 9.47 Å². The molecule has 0 spiro atoms. The fourth-order valence-electron chi connectivity index (χ4n) is 4.11. The molecule has 1 fully saturated rings. The first kappa shape index (κ1) is 35.7. The number of nitrogens with zero attached hydrogens (tertiary/aromatic N) is 3. The van der Waals surface area contributed by atoms with E-state index in [1.54, 1.807) is 0 Å². The quantitative estimate of drug-likeness (QED) is 0.242. The standard InChI is InChI=1S/C27H34F6N6O6/c1-5-18(26(28,29)30)36-20(40)11-16(12-43-4)15-8-9-34-19(10-15)37-23(41)17(13-44-25(2,3)27(31,32)33)35-24(42)22-21(14-6-7-14)38-45-39-22/h8-10,14,16-18H,5-7,11-13H2,1-4H3,(H,35,42)(H,36,40)(H,34,37,41)/t16-,17+,18+/m1/s1. The minimum Gasteiger partial charge on any atom is -0.384 e. The molecule has 2 heterocycles. The number of carbonyl (C=O) groups excluding carboxylic acids is 3. The van der Waals surface area contributed by atoms with Gasteiger partial charge in [0, 0.05) is 31.6 Å². The van der Waals surface area contributed by atoms with E-state index in [9.17, 15) is 40.7 Å². The molecular formula is C27H34F6N6O6. The van der Waals surface area contributed by atoms with Gasteiger partial charge >= 0.3 is 12.4 Å². The van der Waals surface area contributed by atoms with Crippen molar-refractivity contribution in [3.8, 4) is 0 Å². The number of hydrogen-bond donors (Lipinski definition) is 3. The van der Waals surface area contributed by atoms with Gasteiger partial charge in [-0.2, -0.15) is 26.3 Å². The Hall–Kier alpha value is -3.80. The fourth-order valence-corrected chi connectivity index (χ4v) is 4.11. The van der Waals surface area contributed by atoms with E-state index in [0.29, 0.717) is 5.56 Å². The third kappa shape index (κ3) is 9.84. The van der Waals surface area contributed by atoms with Crippen molar-refractivity contribution in [2.45, 2.75) is 88.3 Å². The monoisotopic (exact) mass is 652 g/mol. The number of alkyl halides is 6. The van der Waals surface area contributed by atoms with Crippen molar-refractivity contribution in [2.75, 3.05) is 25.6 Å². The van der Waals surface area contributed by atoms with Gasteiger partial charge in [-0.1, -0.05) is 12.1 Å². The number of anilines is 1. The zero-order valence-corrected chi connectivity index (χ0v) is 24.8. The molecule has 2 aromatic heterocycles. The van der Waals surface area contributed by atoms with Gasteiger partial charge < -0.3 is 25.4 Å². The second-order valence-electron chi connectivity index (χ2n) is 11.0. The molecule has 3 rings (SSSR count). The molecule has 1 aliphatic rings. The van der Waals surface area contributed by atoms with Crippen LogP contribution < -0.4 is 16.0 Å². The number of nitrogens with one attached hydrogen (secondary N) is 3. The Bertz CT molecular complexity index is 1330. The molecule has 250 valence electrons. The van der Waals surface area contributed by atoms with Gasteiger partial charge in [-0.05, 0) is 56.0 Å². The number of aromatic nitrogens is 3. The van der Waals surface area contributed by atoms with Crippen LogP contribution in [0.3, 0.4) is 0 Å². The summed E-state index contributed by atoms with van der Waals surface area (Å²) in [6.07, 6.45) is -7.49. The van der Waals surface area contributed by atoms with Crippen LogP contribution in [0.2, 0.25) is 0 Å². The summed E-state index contributed by atoms with van der Waals surface area (Å²) in [5.41, 5.74) is -2.29. The molecule has 45 heavy (non-hydrogen) atoms. The first-order chi connectivity index (χ1) is 21.0. The summed E-state index contributed by atoms with van der Waals surface area (Å²) in [4.78, 5) is 42.7. The maximum Gasteiger partial charge on any atom is 0.416 e. The number of carbonyl (C=O) groups is 3. The number of pyridine rings is 1. The van der Waals surface area contributed by atoms with Crippen LogP contribution in [0, 0.1) is 0 Å². The van der Waals surface area contributed by atoms with Crippen LogP contribution in [-0.2, 0) is 19.1 Å². The number of methoxy groups -OCH3 is 1. The summed E-state index contributed by atoms with van der Waals surface area (Å²) in [5.74, 6) is -3.77. The van der Waals surface area contributed by atoms with Crippen molar-refractivity contribution in [3.05, 3.63) is 35.3 Å². The maximum atomic E-state index is 13.4. The summed E-state index contributed by atoms with van der Waals surface area (Å²) >= 11 is 0. The van der Waals surface area contributed by atoms with E-state index in [-0.39, 0.29) is 36.2 Å². The Morgan fingerprint density at radius 2 is 1.76 bits per heavy atom. The van der Waals surface area contributed by atoms with Gasteiger partial charge in [0.05, 0.1) is 13.2 Å². The summed E-state index contributed by atoms with van der Waals surface area (Å²) in [5, 5.41) is 13.9. The molecule has 2 aromatic rings. The third-order valence-electron chi connectivity index (χ3n) is 7.05. The smallest absolute Gasteiger partial charge is 0.384 e. The van der Waals surface area contributed by atoms with Crippen LogP contribution in [0.25, 0.3) is 0 Å². The van der Waals surface area contributed by atoms with Crippen molar-refractivity contribution < 1.29 is 54.8 Å². The van der Waals surface area contributed by atoms with Gasteiger partial charge in [-0.15, -0.1) is 0 Å². The van der Waals surface area contributed by atoms with Gasteiger partial charge in [-0.25, -0.2) is 9.61 Å². The molecule has 3 amide bonds. The van der Waals surface area contributed by atoms with Crippen LogP contribution in [0.4, 0.5) is 32.2 Å². The molecule has 0 aromatic carbocycles. The minimum atomic E-state index is -4.80. The van der Waals surface area contributed by atoms with E-state index in [1.807, 2.05) is 5.32 Å². The summed E-state index contributed by atoms with van der Waals surface area (Å²) in [6, 6.07) is -0.936. The lowest BCUT2D eigenvalue weighted by molar-refractivity contribution is -0.264. The molecule has 3 N–H and O–H groups in total.